The average molecular weight is 212 g/mol. The van der Waals surface area contributed by atoms with E-state index in [-0.39, 0.29) is 5.82 Å². The fraction of sp³-hybridized carbons (Fsp3) is 0.455. The molecule has 3 heteroatoms. The van der Waals surface area contributed by atoms with Gasteiger partial charge >= 0.3 is 0 Å². The van der Waals surface area contributed by atoms with Crippen molar-refractivity contribution in [3.63, 3.8) is 0 Å². The zero-order valence-electron chi connectivity index (χ0n) is 9.44. The molecular weight excluding hydrogens is 195 g/mol. The molecule has 14 heavy (non-hydrogen) atoms. The van der Waals surface area contributed by atoms with E-state index in [4.69, 9.17) is 4.74 Å². The van der Waals surface area contributed by atoms with Crippen molar-refractivity contribution in [2.75, 3.05) is 7.11 Å². The number of hydrogen-bond donors (Lipinski definition) is 0. The highest BCUT2D eigenvalue weighted by atomic mass is 28.3. The molecule has 1 aromatic carbocycles. The van der Waals surface area contributed by atoms with E-state index >= 15 is 0 Å². The Morgan fingerprint density at radius 3 is 2.21 bits per heavy atom. The lowest BCUT2D eigenvalue weighted by atomic mass is 10.2. The second kappa shape index (κ2) is 3.73. The molecule has 1 nitrogen and oxygen atoms in total. The van der Waals surface area contributed by atoms with Crippen molar-refractivity contribution in [2.24, 2.45) is 0 Å². The van der Waals surface area contributed by atoms with Gasteiger partial charge in [0.05, 0.1) is 15.2 Å². The molecule has 0 aliphatic carbocycles. The highest BCUT2D eigenvalue weighted by Crippen LogP contribution is 2.18. The van der Waals surface area contributed by atoms with E-state index in [9.17, 15) is 4.39 Å². The van der Waals surface area contributed by atoms with Crippen molar-refractivity contribution < 1.29 is 9.13 Å². The molecule has 0 aromatic heterocycles. The van der Waals surface area contributed by atoms with E-state index in [0.29, 0.717) is 11.3 Å². The molecule has 1 rings (SSSR count). The number of hydrogen-bond acceptors (Lipinski definition) is 1. The molecular formula is C11H17FOSi. The quantitative estimate of drug-likeness (QED) is 0.685. The van der Waals surface area contributed by atoms with Gasteiger partial charge in [-0.2, -0.15) is 0 Å². The van der Waals surface area contributed by atoms with Crippen LogP contribution in [-0.4, -0.2) is 15.2 Å². The maximum absolute atomic E-state index is 13.3. The number of aryl methyl sites for hydroxylation is 1. The monoisotopic (exact) mass is 212 g/mol. The Morgan fingerprint density at radius 2 is 1.79 bits per heavy atom. The lowest BCUT2D eigenvalue weighted by molar-refractivity contribution is 0.414. The normalized spacial score (nSPS) is 11.6. The molecule has 0 N–H and O–H groups in total. The number of ether oxygens (including phenoxy) is 1. The number of benzene rings is 1. The van der Waals surface area contributed by atoms with Gasteiger partial charge in [-0.15, -0.1) is 0 Å². The van der Waals surface area contributed by atoms with Crippen molar-refractivity contribution >= 4 is 13.3 Å². The van der Waals surface area contributed by atoms with Crippen LogP contribution in [0.2, 0.25) is 19.6 Å². The fourth-order valence-electron chi connectivity index (χ4n) is 1.42. The summed E-state index contributed by atoms with van der Waals surface area (Å²) in [5, 5.41) is 1.18. The Morgan fingerprint density at radius 1 is 1.21 bits per heavy atom. The first-order valence-electron chi connectivity index (χ1n) is 4.71. The topological polar surface area (TPSA) is 9.23 Å². The standard InChI is InChI=1S/C11H17FOSi/c1-8-6-11(14(3,4)5)10(13-2)7-9(8)12/h6-7H,1-5H3. The highest BCUT2D eigenvalue weighted by Gasteiger charge is 2.22. The van der Waals surface area contributed by atoms with Gasteiger partial charge in [0, 0.05) is 6.07 Å². The fourth-order valence-corrected chi connectivity index (χ4v) is 2.98. The molecule has 0 atom stereocenters. The van der Waals surface area contributed by atoms with Crippen LogP contribution < -0.4 is 9.92 Å². The number of rotatable bonds is 2. The minimum absolute atomic E-state index is 0.191. The van der Waals surface area contributed by atoms with Gasteiger partial charge in [-0.1, -0.05) is 25.7 Å². The summed E-state index contributed by atoms with van der Waals surface area (Å²) in [7, 11) is 0.146. The average Bonchev–Trinajstić information content (AvgIpc) is 2.07. The molecule has 0 saturated heterocycles. The van der Waals surface area contributed by atoms with Crippen LogP contribution in [0.5, 0.6) is 5.75 Å². The van der Waals surface area contributed by atoms with Gasteiger partial charge in [-0.05, 0) is 17.7 Å². The molecule has 0 saturated carbocycles. The molecule has 78 valence electrons. The first-order valence-corrected chi connectivity index (χ1v) is 8.21. The molecule has 0 spiro atoms. The van der Waals surface area contributed by atoms with E-state index in [1.165, 1.54) is 11.3 Å². The summed E-state index contributed by atoms with van der Waals surface area (Å²) in [5.74, 6) is 0.496. The largest absolute Gasteiger partial charge is 0.497 e. The van der Waals surface area contributed by atoms with Crippen molar-refractivity contribution in [3.05, 3.63) is 23.5 Å². The molecule has 1 aromatic rings. The predicted molar refractivity (Wildman–Crippen MR) is 60.7 cm³/mol. The van der Waals surface area contributed by atoms with Crippen LogP contribution >= 0.6 is 0 Å². The zero-order chi connectivity index (χ0) is 10.9. The third-order valence-electron chi connectivity index (χ3n) is 2.29. The Bertz CT molecular complexity index is 342. The van der Waals surface area contributed by atoms with E-state index in [0.717, 1.165) is 0 Å². The Hall–Kier alpha value is -0.833. The second-order valence-corrected chi connectivity index (χ2v) is 9.59. The van der Waals surface area contributed by atoms with Crippen LogP contribution in [0.15, 0.2) is 12.1 Å². The second-order valence-electron chi connectivity index (χ2n) is 4.55. The first-order chi connectivity index (χ1) is 6.36. The molecule has 0 aliphatic heterocycles. The van der Waals surface area contributed by atoms with Crippen LogP contribution in [0.1, 0.15) is 5.56 Å². The van der Waals surface area contributed by atoms with Gasteiger partial charge in [0.25, 0.3) is 0 Å². The van der Waals surface area contributed by atoms with Crippen molar-refractivity contribution in [2.45, 2.75) is 26.6 Å². The van der Waals surface area contributed by atoms with E-state index in [2.05, 4.69) is 19.6 Å². The van der Waals surface area contributed by atoms with Gasteiger partial charge in [0.2, 0.25) is 0 Å². The summed E-state index contributed by atoms with van der Waals surface area (Å²) in [6.07, 6.45) is 0. The first kappa shape index (κ1) is 11.2. The van der Waals surface area contributed by atoms with Crippen molar-refractivity contribution in [3.8, 4) is 5.75 Å². The molecule has 0 aliphatic rings. The molecule has 0 bridgehead atoms. The third kappa shape index (κ3) is 2.15. The van der Waals surface area contributed by atoms with Gasteiger partial charge < -0.3 is 4.74 Å². The molecule has 0 unspecified atom stereocenters. The predicted octanol–water partition coefficient (Wildman–Crippen LogP) is 2.69. The van der Waals surface area contributed by atoms with Crippen LogP contribution in [0, 0.1) is 12.7 Å². The smallest absolute Gasteiger partial charge is 0.129 e. The molecule has 0 heterocycles. The lowest BCUT2D eigenvalue weighted by Crippen LogP contribution is -2.38. The Balaban J connectivity index is 3.35. The maximum atomic E-state index is 13.3. The van der Waals surface area contributed by atoms with Gasteiger partial charge in [-0.3, -0.25) is 0 Å². The SMILES string of the molecule is COc1cc(F)c(C)cc1[Si](C)(C)C. The van der Waals surface area contributed by atoms with Crippen molar-refractivity contribution in [1.82, 2.24) is 0 Å². The van der Waals surface area contributed by atoms with E-state index in [1.807, 2.05) is 6.07 Å². The van der Waals surface area contributed by atoms with Crippen LogP contribution in [0.25, 0.3) is 0 Å². The van der Waals surface area contributed by atoms with Gasteiger partial charge in [-0.25, -0.2) is 4.39 Å². The molecule has 0 radical (unpaired) electrons. The number of methoxy groups -OCH3 is 1. The Kier molecular flexibility index (Phi) is 3.00. The summed E-state index contributed by atoms with van der Waals surface area (Å²) in [5.41, 5.74) is 0.697. The summed E-state index contributed by atoms with van der Waals surface area (Å²) in [4.78, 5) is 0. The van der Waals surface area contributed by atoms with Crippen LogP contribution in [-0.2, 0) is 0 Å². The van der Waals surface area contributed by atoms with Crippen LogP contribution in [0.3, 0.4) is 0 Å². The summed E-state index contributed by atoms with van der Waals surface area (Å²) >= 11 is 0. The molecule has 0 fully saturated rings. The minimum Gasteiger partial charge on any atom is -0.497 e. The molecule has 0 amide bonds. The lowest BCUT2D eigenvalue weighted by Gasteiger charge is -2.20. The Labute approximate surface area is 85.9 Å². The summed E-state index contributed by atoms with van der Waals surface area (Å²) < 4.78 is 18.5. The summed E-state index contributed by atoms with van der Waals surface area (Å²) in [6.45, 7) is 8.46. The van der Waals surface area contributed by atoms with Gasteiger partial charge in [0.1, 0.15) is 11.6 Å². The highest BCUT2D eigenvalue weighted by molar-refractivity contribution is 6.89. The third-order valence-corrected chi connectivity index (χ3v) is 4.30. The minimum atomic E-state index is -1.44. The summed E-state index contributed by atoms with van der Waals surface area (Å²) in [6, 6.07) is 3.41. The zero-order valence-corrected chi connectivity index (χ0v) is 10.4. The van der Waals surface area contributed by atoms with E-state index in [1.54, 1.807) is 14.0 Å². The maximum Gasteiger partial charge on any atom is 0.129 e. The van der Waals surface area contributed by atoms with Crippen LogP contribution in [0.4, 0.5) is 4.39 Å². The van der Waals surface area contributed by atoms with E-state index < -0.39 is 8.07 Å². The van der Waals surface area contributed by atoms with Crippen molar-refractivity contribution in [1.29, 1.82) is 0 Å². The van der Waals surface area contributed by atoms with Gasteiger partial charge in [0.15, 0.2) is 0 Å². The number of halogens is 1.